The average molecular weight is 499 g/mol. The predicted molar refractivity (Wildman–Crippen MR) is 130 cm³/mol. The van der Waals surface area contributed by atoms with Gasteiger partial charge >= 0.3 is 0 Å². The standard InChI is InChI=1S/C24H24ClN5O5/c1-14-10-27-21(12-26-14)29-22(32)16-6-18(34-15(2)13-31)9-19(7-16)35-23-20(25)8-17(11-28-23)24(33)30-4-3-5-30/h6-12,15,31H,3-5,13H2,1-2H3,(H,27,29,32)/p+1/t15-/m0/s1. The molecule has 0 bridgehead atoms. The van der Waals surface area contributed by atoms with Gasteiger partial charge in [0.05, 0.1) is 23.7 Å². The van der Waals surface area contributed by atoms with Gasteiger partial charge in [0.15, 0.2) is 18.5 Å². The first-order valence-corrected chi connectivity index (χ1v) is 11.4. The molecule has 1 aliphatic heterocycles. The summed E-state index contributed by atoms with van der Waals surface area (Å²) < 4.78 is 11.6. The average Bonchev–Trinajstić information content (AvgIpc) is 2.80. The van der Waals surface area contributed by atoms with Crippen LogP contribution in [0.3, 0.4) is 0 Å². The number of nitrogens with one attached hydrogen (secondary N) is 1. The van der Waals surface area contributed by atoms with E-state index >= 15 is 0 Å². The molecule has 1 atom stereocenters. The zero-order valence-corrected chi connectivity index (χ0v) is 20.0. The number of rotatable bonds is 8. The van der Waals surface area contributed by atoms with E-state index in [1.807, 2.05) is 0 Å². The van der Waals surface area contributed by atoms with Crippen LogP contribution in [0.5, 0.6) is 17.4 Å². The van der Waals surface area contributed by atoms with Gasteiger partial charge in [0.1, 0.15) is 16.5 Å². The van der Waals surface area contributed by atoms with Gasteiger partial charge in [-0.15, -0.1) is 0 Å². The highest BCUT2D eigenvalue weighted by Crippen LogP contribution is 2.32. The highest BCUT2D eigenvalue weighted by Gasteiger charge is 2.23. The second-order valence-corrected chi connectivity index (χ2v) is 8.49. The van der Waals surface area contributed by atoms with Crippen molar-refractivity contribution < 1.29 is 24.2 Å². The van der Waals surface area contributed by atoms with Crippen molar-refractivity contribution in [2.45, 2.75) is 26.4 Å². The molecule has 0 saturated carbocycles. The summed E-state index contributed by atoms with van der Waals surface area (Å²) in [4.78, 5) is 39.5. The van der Waals surface area contributed by atoms with Crippen molar-refractivity contribution in [2.75, 3.05) is 25.0 Å². The molecule has 10 nitrogen and oxygen atoms in total. The Morgan fingerprint density at radius 1 is 1.09 bits per heavy atom. The zero-order chi connectivity index (χ0) is 24.9. The van der Waals surface area contributed by atoms with Crippen LogP contribution in [0.2, 0.25) is 5.02 Å². The fraction of sp³-hybridized carbons (Fsp3) is 0.292. The SMILES string of the molecule is Cc1cnc(NC(=O)c2cc(Oc3ncc(C(=O)N4CCC4)cc3Cl)cc(O[C@@H](C)C[OH2+])c2)cn1. The number of aromatic nitrogens is 3. The van der Waals surface area contributed by atoms with E-state index in [1.54, 1.807) is 37.1 Å². The van der Waals surface area contributed by atoms with Gasteiger partial charge in [-0.3, -0.25) is 14.6 Å². The molecule has 3 N–H and O–H groups in total. The molecule has 0 aliphatic carbocycles. The van der Waals surface area contributed by atoms with Crippen molar-refractivity contribution in [3.05, 3.63) is 64.7 Å². The van der Waals surface area contributed by atoms with Crippen LogP contribution < -0.4 is 14.8 Å². The lowest BCUT2D eigenvalue weighted by Gasteiger charge is -2.30. The highest BCUT2D eigenvalue weighted by molar-refractivity contribution is 6.32. The Morgan fingerprint density at radius 2 is 1.86 bits per heavy atom. The quantitative estimate of drug-likeness (QED) is 0.472. The molecular formula is C24H25ClN5O5+. The van der Waals surface area contributed by atoms with Crippen LogP contribution in [0.25, 0.3) is 0 Å². The third kappa shape index (κ3) is 6.03. The second kappa shape index (κ2) is 10.7. The second-order valence-electron chi connectivity index (χ2n) is 8.08. The summed E-state index contributed by atoms with van der Waals surface area (Å²) in [5.74, 6) is 0.371. The Labute approximate surface area is 206 Å². The third-order valence-electron chi connectivity index (χ3n) is 5.20. The summed E-state index contributed by atoms with van der Waals surface area (Å²) in [6.45, 7) is 5.01. The Hall–Kier alpha value is -3.76. The molecule has 2 aromatic heterocycles. The van der Waals surface area contributed by atoms with E-state index in [0.717, 1.165) is 25.2 Å². The Morgan fingerprint density at radius 3 is 2.49 bits per heavy atom. The van der Waals surface area contributed by atoms with E-state index in [4.69, 9.17) is 26.2 Å². The normalized spacial score (nSPS) is 13.5. The number of hydrogen-bond acceptors (Lipinski definition) is 7. The van der Waals surface area contributed by atoms with Crippen LogP contribution in [0.15, 0.2) is 42.9 Å². The molecule has 1 aliphatic rings. The number of carbonyl (C=O) groups excluding carboxylic acids is 2. The molecule has 0 unspecified atom stereocenters. The third-order valence-corrected chi connectivity index (χ3v) is 5.47. The first-order valence-electron chi connectivity index (χ1n) is 11.0. The number of likely N-dealkylation sites (tertiary alicyclic amines) is 1. The topological polar surface area (TPSA) is 129 Å². The van der Waals surface area contributed by atoms with Crippen molar-refractivity contribution in [3.8, 4) is 17.4 Å². The van der Waals surface area contributed by atoms with E-state index in [1.165, 1.54) is 24.5 Å². The van der Waals surface area contributed by atoms with E-state index in [0.29, 0.717) is 17.1 Å². The van der Waals surface area contributed by atoms with Crippen LogP contribution in [-0.2, 0) is 0 Å². The van der Waals surface area contributed by atoms with Gasteiger partial charge in [-0.25, -0.2) is 9.97 Å². The number of hydrogen-bond donors (Lipinski definition) is 1. The Kier molecular flexibility index (Phi) is 7.42. The van der Waals surface area contributed by atoms with E-state index in [2.05, 4.69) is 20.3 Å². The van der Waals surface area contributed by atoms with Crippen molar-refractivity contribution in [3.63, 3.8) is 0 Å². The van der Waals surface area contributed by atoms with Gasteiger partial charge in [-0.2, -0.15) is 0 Å². The summed E-state index contributed by atoms with van der Waals surface area (Å²) in [5.41, 5.74) is 1.33. The smallest absolute Gasteiger partial charge is 0.257 e. The monoisotopic (exact) mass is 498 g/mol. The molecule has 1 fully saturated rings. The fourth-order valence-electron chi connectivity index (χ4n) is 3.18. The molecular weight excluding hydrogens is 474 g/mol. The van der Waals surface area contributed by atoms with Gasteiger partial charge in [-0.05, 0) is 38.5 Å². The van der Waals surface area contributed by atoms with Crippen LogP contribution in [-0.4, -0.2) is 62.6 Å². The number of carbonyl (C=O) groups is 2. The Bertz CT molecular complexity index is 1230. The van der Waals surface area contributed by atoms with E-state index < -0.39 is 12.0 Å². The lowest BCUT2D eigenvalue weighted by atomic mass is 10.1. The highest BCUT2D eigenvalue weighted by atomic mass is 35.5. The largest absolute Gasteiger partial charge is 0.483 e. The maximum atomic E-state index is 12.9. The zero-order valence-electron chi connectivity index (χ0n) is 19.2. The van der Waals surface area contributed by atoms with Gasteiger partial charge < -0.3 is 24.8 Å². The minimum Gasteiger partial charge on any atom is -0.483 e. The van der Waals surface area contributed by atoms with Gasteiger partial charge in [0.25, 0.3) is 11.8 Å². The summed E-state index contributed by atoms with van der Waals surface area (Å²) in [6.07, 6.45) is 4.99. The lowest BCUT2D eigenvalue weighted by molar-refractivity contribution is 0.0651. The summed E-state index contributed by atoms with van der Waals surface area (Å²) in [7, 11) is 0. The summed E-state index contributed by atoms with van der Waals surface area (Å²) in [5, 5.41) is 10.4. The first kappa shape index (κ1) is 24.4. The molecule has 35 heavy (non-hydrogen) atoms. The van der Waals surface area contributed by atoms with E-state index in [9.17, 15) is 9.59 Å². The minimum absolute atomic E-state index is 0.0332. The van der Waals surface area contributed by atoms with E-state index in [-0.39, 0.29) is 34.7 Å². The maximum absolute atomic E-state index is 12.9. The molecule has 1 aromatic carbocycles. The first-order chi connectivity index (χ1) is 16.8. The van der Waals surface area contributed by atoms with Gasteiger partial charge in [0, 0.05) is 30.9 Å². The molecule has 3 aromatic rings. The number of nitrogens with zero attached hydrogens (tertiary/aromatic N) is 4. The van der Waals surface area contributed by atoms with Crippen molar-refractivity contribution >= 4 is 29.2 Å². The van der Waals surface area contributed by atoms with Crippen molar-refractivity contribution in [2.24, 2.45) is 0 Å². The van der Waals surface area contributed by atoms with Crippen LogP contribution in [0, 0.1) is 6.92 Å². The van der Waals surface area contributed by atoms with Gasteiger partial charge in [-0.1, -0.05) is 11.6 Å². The predicted octanol–water partition coefficient (Wildman–Crippen LogP) is 3.22. The number of amides is 2. The van der Waals surface area contributed by atoms with Crippen LogP contribution in [0.1, 0.15) is 39.8 Å². The maximum Gasteiger partial charge on any atom is 0.257 e. The number of aryl methyl sites for hydroxylation is 1. The van der Waals surface area contributed by atoms with Crippen molar-refractivity contribution in [1.29, 1.82) is 0 Å². The number of pyridine rings is 1. The van der Waals surface area contributed by atoms with Crippen LogP contribution in [0.4, 0.5) is 5.82 Å². The number of ether oxygens (including phenoxy) is 2. The number of benzene rings is 1. The molecule has 2 amide bonds. The minimum atomic E-state index is -0.452. The van der Waals surface area contributed by atoms with Crippen LogP contribution >= 0.6 is 11.6 Å². The molecule has 0 radical (unpaired) electrons. The molecule has 1 saturated heterocycles. The molecule has 4 rings (SSSR count). The number of anilines is 1. The van der Waals surface area contributed by atoms with Gasteiger partial charge in [0.2, 0.25) is 5.88 Å². The molecule has 11 heteroatoms. The summed E-state index contributed by atoms with van der Waals surface area (Å²) in [6, 6.07) is 6.13. The fourth-order valence-corrected chi connectivity index (χ4v) is 3.39. The summed E-state index contributed by atoms with van der Waals surface area (Å²) >= 11 is 6.35. The molecule has 3 heterocycles. The van der Waals surface area contributed by atoms with Crippen molar-refractivity contribution in [1.82, 2.24) is 19.9 Å². The molecule has 182 valence electrons. The lowest BCUT2D eigenvalue weighted by Crippen LogP contribution is -2.42. The Balaban J connectivity index is 1.58. The number of halogens is 1. The molecule has 0 spiro atoms.